The lowest BCUT2D eigenvalue weighted by molar-refractivity contribution is 0.208. The monoisotopic (exact) mass is 356 g/mol. The van der Waals surface area contributed by atoms with Crippen molar-refractivity contribution >= 4 is 29.2 Å². The van der Waals surface area contributed by atoms with E-state index in [9.17, 15) is 0 Å². The number of halogens is 1. The first kappa shape index (κ1) is 17.8. The van der Waals surface area contributed by atoms with Crippen LogP contribution in [0.15, 0.2) is 36.4 Å². The highest BCUT2D eigenvalue weighted by molar-refractivity contribution is 6.30. The Hall–Kier alpha value is -2.04. The summed E-state index contributed by atoms with van der Waals surface area (Å²) in [4.78, 5) is 2.48. The molecule has 0 radical (unpaired) electrons. The predicted molar refractivity (Wildman–Crippen MR) is 107 cm³/mol. The third kappa shape index (κ3) is 4.53. The van der Waals surface area contributed by atoms with Crippen molar-refractivity contribution in [2.24, 2.45) is 0 Å². The topological polar surface area (TPSA) is 65.1 Å². The zero-order valence-corrected chi connectivity index (χ0v) is 15.3. The SMILES string of the molecule is Cc1ccc(Cl)cc1CN1CCCC(Nc2ccc(N)c(C=N)c2)C1. The molecule has 0 bridgehead atoms. The predicted octanol–water partition coefficient (Wildman–Crippen LogP) is 4.30. The highest BCUT2D eigenvalue weighted by Gasteiger charge is 2.20. The molecule has 1 aliphatic heterocycles. The number of likely N-dealkylation sites (tertiary alicyclic amines) is 1. The molecule has 1 atom stereocenters. The number of anilines is 2. The van der Waals surface area contributed by atoms with Gasteiger partial charge in [0.1, 0.15) is 0 Å². The Morgan fingerprint density at radius 2 is 2.16 bits per heavy atom. The number of nitrogens with one attached hydrogen (secondary N) is 2. The van der Waals surface area contributed by atoms with Crippen LogP contribution in [0, 0.1) is 12.3 Å². The molecule has 0 saturated carbocycles. The number of hydrogen-bond donors (Lipinski definition) is 3. The summed E-state index contributed by atoms with van der Waals surface area (Å²) in [6.07, 6.45) is 3.62. The second-order valence-corrected chi connectivity index (χ2v) is 7.21. The fourth-order valence-electron chi connectivity index (χ4n) is 3.39. The molecular weight excluding hydrogens is 332 g/mol. The van der Waals surface area contributed by atoms with Gasteiger partial charge in [-0.1, -0.05) is 17.7 Å². The number of nitrogens with two attached hydrogens (primary N) is 1. The summed E-state index contributed by atoms with van der Waals surface area (Å²) < 4.78 is 0. The Labute approximate surface area is 154 Å². The van der Waals surface area contributed by atoms with Crippen molar-refractivity contribution in [1.82, 2.24) is 4.90 Å². The second-order valence-electron chi connectivity index (χ2n) is 6.78. The molecule has 4 nitrogen and oxygen atoms in total. The van der Waals surface area contributed by atoms with E-state index in [1.54, 1.807) is 0 Å². The van der Waals surface area contributed by atoms with Gasteiger partial charge < -0.3 is 16.5 Å². The van der Waals surface area contributed by atoms with Crippen molar-refractivity contribution < 1.29 is 0 Å². The fourth-order valence-corrected chi connectivity index (χ4v) is 3.59. The van der Waals surface area contributed by atoms with Gasteiger partial charge in [-0.15, -0.1) is 0 Å². The number of benzene rings is 2. The molecule has 0 aliphatic carbocycles. The molecule has 1 unspecified atom stereocenters. The number of nitrogens with zero attached hydrogens (tertiary/aromatic N) is 1. The summed E-state index contributed by atoms with van der Waals surface area (Å²) in [7, 11) is 0. The Balaban J connectivity index is 1.65. The molecular formula is C20H25ClN4. The number of hydrogen-bond acceptors (Lipinski definition) is 4. The van der Waals surface area contributed by atoms with E-state index in [-0.39, 0.29) is 0 Å². The van der Waals surface area contributed by atoms with Crippen LogP contribution in [0.5, 0.6) is 0 Å². The lowest BCUT2D eigenvalue weighted by Crippen LogP contribution is -2.41. The third-order valence-corrected chi connectivity index (χ3v) is 5.06. The van der Waals surface area contributed by atoms with E-state index < -0.39 is 0 Å². The molecule has 1 saturated heterocycles. The van der Waals surface area contributed by atoms with Crippen molar-refractivity contribution in [3.63, 3.8) is 0 Å². The zero-order valence-electron chi connectivity index (χ0n) is 14.6. The first-order chi connectivity index (χ1) is 12.0. The van der Waals surface area contributed by atoms with Gasteiger partial charge in [0.2, 0.25) is 0 Å². The first-order valence-electron chi connectivity index (χ1n) is 8.69. The minimum atomic E-state index is 0.399. The van der Waals surface area contributed by atoms with E-state index in [4.69, 9.17) is 22.7 Å². The molecule has 2 aromatic carbocycles. The average molecular weight is 357 g/mol. The largest absolute Gasteiger partial charge is 0.398 e. The molecule has 2 aromatic rings. The molecule has 132 valence electrons. The van der Waals surface area contributed by atoms with Crippen molar-refractivity contribution in [1.29, 1.82) is 5.41 Å². The summed E-state index contributed by atoms with van der Waals surface area (Å²) >= 11 is 6.15. The molecule has 5 heteroatoms. The van der Waals surface area contributed by atoms with Crippen molar-refractivity contribution in [3.8, 4) is 0 Å². The fraction of sp³-hybridized carbons (Fsp3) is 0.350. The molecule has 1 fully saturated rings. The van der Waals surface area contributed by atoms with Gasteiger partial charge in [-0.05, 0) is 67.8 Å². The van der Waals surface area contributed by atoms with Crippen LogP contribution >= 0.6 is 11.6 Å². The van der Waals surface area contributed by atoms with E-state index in [1.807, 2.05) is 24.3 Å². The van der Waals surface area contributed by atoms with Gasteiger partial charge in [-0.2, -0.15) is 0 Å². The number of aryl methyl sites for hydroxylation is 1. The van der Waals surface area contributed by atoms with Gasteiger partial charge in [0.05, 0.1) is 0 Å². The lowest BCUT2D eigenvalue weighted by Gasteiger charge is -2.34. The van der Waals surface area contributed by atoms with Crippen molar-refractivity contribution in [3.05, 3.63) is 58.1 Å². The van der Waals surface area contributed by atoms with E-state index >= 15 is 0 Å². The summed E-state index contributed by atoms with van der Waals surface area (Å²) in [6, 6.07) is 12.3. The summed E-state index contributed by atoms with van der Waals surface area (Å²) in [6.45, 7) is 5.17. The van der Waals surface area contributed by atoms with Crippen LogP contribution in [0.25, 0.3) is 0 Å². The van der Waals surface area contributed by atoms with E-state index in [1.165, 1.54) is 23.8 Å². The third-order valence-electron chi connectivity index (χ3n) is 4.82. The Bertz CT molecular complexity index is 759. The number of rotatable bonds is 5. The maximum Gasteiger partial charge on any atom is 0.0409 e. The molecule has 0 spiro atoms. The van der Waals surface area contributed by atoms with E-state index in [2.05, 4.69) is 29.3 Å². The highest BCUT2D eigenvalue weighted by atomic mass is 35.5. The van der Waals surface area contributed by atoms with Gasteiger partial charge in [0, 0.05) is 47.3 Å². The van der Waals surface area contributed by atoms with Gasteiger partial charge in [-0.25, -0.2) is 0 Å². The maximum absolute atomic E-state index is 7.44. The van der Waals surface area contributed by atoms with Crippen molar-refractivity contribution in [2.75, 3.05) is 24.1 Å². The standard InChI is InChI=1S/C20H25ClN4/c1-14-4-5-17(21)9-16(14)12-25-8-2-3-19(13-25)24-18-6-7-20(23)15(10-18)11-22/h4-7,9-11,19,22,24H,2-3,8,12-13,23H2,1H3. The molecule has 1 heterocycles. The van der Waals surface area contributed by atoms with Crippen LogP contribution in [0.1, 0.15) is 29.5 Å². The van der Waals surface area contributed by atoms with Gasteiger partial charge in [0.15, 0.2) is 0 Å². The summed E-state index contributed by atoms with van der Waals surface area (Å²) in [5, 5.41) is 11.8. The first-order valence-corrected chi connectivity index (χ1v) is 9.07. The van der Waals surface area contributed by atoms with Crippen LogP contribution < -0.4 is 11.1 Å². The van der Waals surface area contributed by atoms with Crippen LogP contribution in [-0.4, -0.2) is 30.2 Å². The lowest BCUT2D eigenvalue weighted by atomic mass is 10.0. The quantitative estimate of drug-likeness (QED) is 0.552. The maximum atomic E-state index is 7.44. The minimum Gasteiger partial charge on any atom is -0.398 e. The summed E-state index contributed by atoms with van der Waals surface area (Å²) in [5.74, 6) is 0. The average Bonchev–Trinajstić information content (AvgIpc) is 2.60. The molecule has 3 rings (SSSR count). The van der Waals surface area contributed by atoms with Crippen LogP contribution in [-0.2, 0) is 6.54 Å². The molecule has 25 heavy (non-hydrogen) atoms. The number of piperidine rings is 1. The Morgan fingerprint density at radius 3 is 2.96 bits per heavy atom. The molecule has 1 aliphatic rings. The van der Waals surface area contributed by atoms with E-state index in [0.717, 1.165) is 42.3 Å². The molecule has 0 aromatic heterocycles. The minimum absolute atomic E-state index is 0.399. The van der Waals surface area contributed by atoms with E-state index in [0.29, 0.717) is 11.7 Å². The normalized spacial score (nSPS) is 18.1. The molecule has 0 amide bonds. The number of nitrogen functional groups attached to an aromatic ring is 1. The smallest absolute Gasteiger partial charge is 0.0409 e. The highest BCUT2D eigenvalue weighted by Crippen LogP contribution is 2.22. The van der Waals surface area contributed by atoms with Crippen LogP contribution in [0.2, 0.25) is 5.02 Å². The summed E-state index contributed by atoms with van der Waals surface area (Å²) in [5.41, 5.74) is 10.9. The Kier molecular flexibility index (Phi) is 5.61. The van der Waals surface area contributed by atoms with Crippen molar-refractivity contribution in [2.45, 2.75) is 32.4 Å². The molecule has 4 N–H and O–H groups in total. The Morgan fingerprint density at radius 1 is 1.32 bits per heavy atom. The van der Waals surface area contributed by atoms with Gasteiger partial charge >= 0.3 is 0 Å². The van der Waals surface area contributed by atoms with Crippen LogP contribution in [0.4, 0.5) is 11.4 Å². The second kappa shape index (κ2) is 7.89. The van der Waals surface area contributed by atoms with Gasteiger partial charge in [-0.3, -0.25) is 4.90 Å². The van der Waals surface area contributed by atoms with Crippen LogP contribution in [0.3, 0.4) is 0 Å². The van der Waals surface area contributed by atoms with Gasteiger partial charge in [0.25, 0.3) is 0 Å². The zero-order chi connectivity index (χ0) is 17.8.